The van der Waals surface area contributed by atoms with Crippen LogP contribution in [0.1, 0.15) is 31.6 Å². The van der Waals surface area contributed by atoms with Crippen molar-refractivity contribution in [1.29, 1.82) is 0 Å². The van der Waals surface area contributed by atoms with E-state index in [2.05, 4.69) is 35.1 Å². The third-order valence-corrected chi connectivity index (χ3v) is 3.73. The maximum atomic E-state index is 11.4. The van der Waals surface area contributed by atoms with Crippen LogP contribution in [0.15, 0.2) is 15.9 Å². The predicted molar refractivity (Wildman–Crippen MR) is 67.9 cm³/mol. The van der Waals surface area contributed by atoms with E-state index in [9.17, 15) is 4.79 Å². The number of hydrogen-bond donors (Lipinski definition) is 1. The lowest BCUT2D eigenvalue weighted by atomic mass is 10.1. The number of amides is 1. The molecule has 0 bridgehead atoms. The van der Waals surface area contributed by atoms with Crippen molar-refractivity contribution >= 4 is 33.2 Å². The summed E-state index contributed by atoms with van der Waals surface area (Å²) in [6.07, 6.45) is 1.59. The summed E-state index contributed by atoms with van der Waals surface area (Å²) >= 11 is 5.04. The van der Waals surface area contributed by atoms with Crippen LogP contribution in [0.3, 0.4) is 0 Å². The summed E-state index contributed by atoms with van der Waals surface area (Å²) in [7, 11) is 0. The molecule has 0 aliphatic rings. The van der Waals surface area contributed by atoms with E-state index in [4.69, 9.17) is 0 Å². The van der Waals surface area contributed by atoms with Crippen molar-refractivity contribution in [3.05, 3.63) is 20.8 Å². The minimum Gasteiger partial charge on any atom is -0.351 e. The number of rotatable bonds is 5. The van der Waals surface area contributed by atoms with Crippen molar-refractivity contribution in [3.63, 3.8) is 0 Å². The molecule has 1 aromatic rings. The van der Waals surface area contributed by atoms with Crippen LogP contribution in [0.25, 0.3) is 0 Å². The average molecular weight is 290 g/mol. The van der Waals surface area contributed by atoms with Gasteiger partial charge in [-0.2, -0.15) is 0 Å². The fourth-order valence-corrected chi connectivity index (χ4v) is 2.53. The largest absolute Gasteiger partial charge is 0.351 e. The van der Waals surface area contributed by atoms with Crippen molar-refractivity contribution in [2.24, 2.45) is 5.92 Å². The lowest BCUT2D eigenvalue weighted by Crippen LogP contribution is -2.22. The van der Waals surface area contributed by atoms with Crippen LogP contribution in [0.2, 0.25) is 0 Å². The molecule has 4 heteroatoms. The highest BCUT2D eigenvalue weighted by molar-refractivity contribution is 9.10. The molecule has 84 valence electrons. The Labute approximate surface area is 103 Å². The molecule has 0 spiro atoms. The van der Waals surface area contributed by atoms with Gasteiger partial charge in [-0.15, -0.1) is 11.3 Å². The minimum atomic E-state index is 0.147. The van der Waals surface area contributed by atoms with E-state index in [-0.39, 0.29) is 5.91 Å². The van der Waals surface area contributed by atoms with E-state index in [1.807, 2.05) is 11.4 Å². The van der Waals surface area contributed by atoms with E-state index >= 15 is 0 Å². The Morgan fingerprint density at radius 2 is 2.33 bits per heavy atom. The number of thiophene rings is 1. The van der Waals surface area contributed by atoms with Crippen molar-refractivity contribution in [2.45, 2.75) is 33.2 Å². The highest BCUT2D eigenvalue weighted by atomic mass is 79.9. The zero-order valence-electron chi connectivity index (χ0n) is 9.05. The van der Waals surface area contributed by atoms with Crippen LogP contribution < -0.4 is 5.32 Å². The molecule has 1 N–H and O–H groups in total. The Morgan fingerprint density at radius 1 is 1.60 bits per heavy atom. The zero-order valence-corrected chi connectivity index (χ0v) is 11.5. The molecule has 1 aromatic heterocycles. The van der Waals surface area contributed by atoms with Gasteiger partial charge in [0.05, 0.1) is 6.54 Å². The Kier molecular flexibility index (Phi) is 5.32. The molecular formula is C11H16BrNOS. The number of hydrogen-bond acceptors (Lipinski definition) is 2. The lowest BCUT2D eigenvalue weighted by molar-refractivity contribution is -0.121. The fourth-order valence-electron chi connectivity index (χ4n) is 1.14. The van der Waals surface area contributed by atoms with E-state index in [1.165, 1.54) is 4.88 Å². The van der Waals surface area contributed by atoms with E-state index in [1.54, 1.807) is 11.3 Å². The van der Waals surface area contributed by atoms with Crippen molar-refractivity contribution in [3.8, 4) is 0 Å². The standard InChI is InChI=1S/C11H16BrNOS/c1-8(2)3-4-11(14)13-6-10-5-9(12)7-15-10/h5,7-8H,3-4,6H2,1-2H3,(H,13,14). The summed E-state index contributed by atoms with van der Waals surface area (Å²) in [5.74, 6) is 0.736. The van der Waals surface area contributed by atoms with Gasteiger partial charge in [0, 0.05) is 21.2 Å². The third-order valence-electron chi connectivity index (χ3n) is 2.03. The normalized spacial score (nSPS) is 10.7. The highest BCUT2D eigenvalue weighted by Gasteiger charge is 2.04. The maximum absolute atomic E-state index is 11.4. The quantitative estimate of drug-likeness (QED) is 0.882. The Hall–Kier alpha value is -0.350. The van der Waals surface area contributed by atoms with Crippen molar-refractivity contribution in [1.82, 2.24) is 5.32 Å². The van der Waals surface area contributed by atoms with E-state index in [0.29, 0.717) is 18.9 Å². The number of halogens is 1. The maximum Gasteiger partial charge on any atom is 0.220 e. The molecule has 0 radical (unpaired) electrons. The first-order chi connectivity index (χ1) is 7.08. The molecule has 0 saturated carbocycles. The number of nitrogens with one attached hydrogen (secondary N) is 1. The van der Waals surface area contributed by atoms with E-state index in [0.717, 1.165) is 10.9 Å². The fraction of sp³-hybridized carbons (Fsp3) is 0.545. The molecule has 0 saturated heterocycles. The van der Waals surface area contributed by atoms with Crippen LogP contribution in [-0.2, 0) is 11.3 Å². The second kappa shape index (κ2) is 6.28. The molecule has 0 fully saturated rings. The highest BCUT2D eigenvalue weighted by Crippen LogP contribution is 2.19. The van der Waals surface area contributed by atoms with Gasteiger partial charge in [-0.25, -0.2) is 0 Å². The second-order valence-corrected chi connectivity index (χ2v) is 5.85. The minimum absolute atomic E-state index is 0.147. The van der Waals surface area contributed by atoms with Crippen LogP contribution in [0, 0.1) is 5.92 Å². The first kappa shape index (κ1) is 12.7. The number of carbonyl (C=O) groups is 1. The molecule has 0 atom stereocenters. The zero-order chi connectivity index (χ0) is 11.3. The summed E-state index contributed by atoms with van der Waals surface area (Å²) in [4.78, 5) is 12.6. The molecule has 1 rings (SSSR count). The van der Waals surface area contributed by atoms with Gasteiger partial charge in [0.25, 0.3) is 0 Å². The second-order valence-electron chi connectivity index (χ2n) is 3.94. The van der Waals surface area contributed by atoms with Crippen LogP contribution >= 0.6 is 27.3 Å². The summed E-state index contributed by atoms with van der Waals surface area (Å²) in [6, 6.07) is 2.04. The predicted octanol–water partition coefficient (Wildman–Crippen LogP) is 3.56. The van der Waals surface area contributed by atoms with Gasteiger partial charge < -0.3 is 5.32 Å². The summed E-state index contributed by atoms with van der Waals surface area (Å²) in [6.45, 7) is 4.90. The molecule has 1 amide bonds. The molecule has 2 nitrogen and oxygen atoms in total. The molecular weight excluding hydrogens is 274 g/mol. The lowest BCUT2D eigenvalue weighted by Gasteiger charge is -2.05. The van der Waals surface area contributed by atoms with Gasteiger partial charge in [-0.3, -0.25) is 4.79 Å². The van der Waals surface area contributed by atoms with Gasteiger partial charge in [0.15, 0.2) is 0 Å². The van der Waals surface area contributed by atoms with Gasteiger partial charge in [-0.1, -0.05) is 13.8 Å². The van der Waals surface area contributed by atoms with Crippen molar-refractivity contribution in [2.75, 3.05) is 0 Å². The summed E-state index contributed by atoms with van der Waals surface area (Å²) < 4.78 is 1.08. The first-order valence-corrected chi connectivity index (χ1v) is 6.75. The van der Waals surface area contributed by atoms with Gasteiger partial charge >= 0.3 is 0 Å². The third kappa shape index (κ3) is 5.33. The van der Waals surface area contributed by atoms with Crippen LogP contribution in [0.5, 0.6) is 0 Å². The summed E-state index contributed by atoms with van der Waals surface area (Å²) in [5, 5.41) is 4.94. The molecule has 1 heterocycles. The molecule has 0 aliphatic carbocycles. The SMILES string of the molecule is CC(C)CCC(=O)NCc1cc(Br)cs1. The molecule has 0 aliphatic heterocycles. The first-order valence-electron chi connectivity index (χ1n) is 5.07. The van der Waals surface area contributed by atoms with Crippen molar-refractivity contribution < 1.29 is 4.79 Å². The Morgan fingerprint density at radius 3 is 2.87 bits per heavy atom. The van der Waals surface area contributed by atoms with Gasteiger partial charge in [0.2, 0.25) is 5.91 Å². The molecule has 0 aromatic carbocycles. The summed E-state index contributed by atoms with van der Waals surface area (Å²) in [5.41, 5.74) is 0. The molecule has 15 heavy (non-hydrogen) atoms. The molecule has 0 unspecified atom stereocenters. The smallest absolute Gasteiger partial charge is 0.220 e. The van der Waals surface area contributed by atoms with E-state index < -0.39 is 0 Å². The average Bonchev–Trinajstić information content (AvgIpc) is 2.58. The monoisotopic (exact) mass is 289 g/mol. The topological polar surface area (TPSA) is 29.1 Å². The van der Waals surface area contributed by atoms with Crippen LogP contribution in [-0.4, -0.2) is 5.91 Å². The van der Waals surface area contributed by atoms with Gasteiger partial charge in [0.1, 0.15) is 0 Å². The van der Waals surface area contributed by atoms with Crippen LogP contribution in [0.4, 0.5) is 0 Å². The Bertz CT molecular complexity index is 322. The Balaban J connectivity index is 2.22. The number of carbonyl (C=O) groups excluding carboxylic acids is 1. The van der Waals surface area contributed by atoms with Gasteiger partial charge in [-0.05, 0) is 34.3 Å².